The quantitative estimate of drug-likeness (QED) is 0.689. The summed E-state index contributed by atoms with van der Waals surface area (Å²) in [5.41, 5.74) is 10.7. The van der Waals surface area contributed by atoms with Crippen LogP contribution in [0.15, 0.2) is 18.2 Å². The number of hydrogen-bond acceptors (Lipinski definition) is 3. The second kappa shape index (κ2) is 6.02. The predicted molar refractivity (Wildman–Crippen MR) is 73.1 cm³/mol. The van der Waals surface area contributed by atoms with Crippen LogP contribution in [0.25, 0.3) is 0 Å². The lowest BCUT2D eigenvalue weighted by atomic mass is 9.75. The third-order valence-corrected chi connectivity index (χ3v) is 3.25. The molecule has 0 saturated heterocycles. The zero-order valence-corrected chi connectivity index (χ0v) is 11.3. The van der Waals surface area contributed by atoms with Gasteiger partial charge in [0.15, 0.2) is 0 Å². The van der Waals surface area contributed by atoms with E-state index in [9.17, 15) is 14.3 Å². The summed E-state index contributed by atoms with van der Waals surface area (Å²) in [4.78, 5) is 11.5. The fourth-order valence-corrected chi connectivity index (χ4v) is 2.33. The van der Waals surface area contributed by atoms with E-state index in [4.69, 9.17) is 11.5 Å². The first kappa shape index (κ1) is 15.4. The zero-order valence-electron chi connectivity index (χ0n) is 11.3. The van der Waals surface area contributed by atoms with Crippen molar-refractivity contribution in [3.63, 3.8) is 0 Å². The van der Waals surface area contributed by atoms with Gasteiger partial charge in [-0.2, -0.15) is 0 Å². The molecule has 0 radical (unpaired) electrons. The maximum atomic E-state index is 13.4. The SMILES string of the molecule is CC(C)CC(CN)(Cc1ccc(N)c(F)c1)C(=O)O. The van der Waals surface area contributed by atoms with Crippen LogP contribution >= 0.6 is 0 Å². The molecule has 0 amide bonds. The summed E-state index contributed by atoms with van der Waals surface area (Å²) < 4.78 is 13.4. The second-order valence-electron chi connectivity index (χ2n) is 5.42. The van der Waals surface area contributed by atoms with Crippen molar-refractivity contribution in [2.24, 2.45) is 17.1 Å². The number of anilines is 1. The van der Waals surface area contributed by atoms with Crippen LogP contribution in [0, 0.1) is 17.2 Å². The van der Waals surface area contributed by atoms with Gasteiger partial charge in [-0.05, 0) is 36.5 Å². The van der Waals surface area contributed by atoms with Crippen LogP contribution in [0.2, 0.25) is 0 Å². The van der Waals surface area contributed by atoms with E-state index >= 15 is 0 Å². The molecule has 0 saturated carbocycles. The molecule has 0 aromatic heterocycles. The summed E-state index contributed by atoms with van der Waals surface area (Å²) >= 11 is 0. The molecule has 1 rings (SSSR count). The van der Waals surface area contributed by atoms with Crippen molar-refractivity contribution in [1.82, 2.24) is 0 Å². The first-order valence-electron chi connectivity index (χ1n) is 6.28. The molecule has 106 valence electrons. The van der Waals surface area contributed by atoms with Crippen LogP contribution in [0.5, 0.6) is 0 Å². The maximum Gasteiger partial charge on any atom is 0.311 e. The zero-order chi connectivity index (χ0) is 14.6. The maximum absolute atomic E-state index is 13.4. The summed E-state index contributed by atoms with van der Waals surface area (Å²) in [5.74, 6) is -1.28. The van der Waals surface area contributed by atoms with Crippen LogP contribution in [0.4, 0.5) is 10.1 Å². The number of carbonyl (C=O) groups is 1. The minimum atomic E-state index is -1.06. The molecule has 1 unspecified atom stereocenters. The molecule has 0 aliphatic carbocycles. The molecule has 5 heteroatoms. The molecule has 5 N–H and O–H groups in total. The van der Waals surface area contributed by atoms with Crippen LogP contribution in [-0.2, 0) is 11.2 Å². The van der Waals surface area contributed by atoms with Gasteiger partial charge in [0.2, 0.25) is 0 Å². The molecule has 0 aliphatic rings. The number of aliphatic carboxylic acids is 1. The molecular formula is C14H21FN2O2. The van der Waals surface area contributed by atoms with Crippen molar-refractivity contribution >= 4 is 11.7 Å². The number of nitrogen functional groups attached to an aromatic ring is 1. The van der Waals surface area contributed by atoms with E-state index in [2.05, 4.69) is 0 Å². The average Bonchev–Trinajstić information content (AvgIpc) is 2.32. The van der Waals surface area contributed by atoms with E-state index in [1.165, 1.54) is 12.1 Å². The molecule has 0 heterocycles. The molecule has 1 aromatic carbocycles. The fourth-order valence-electron chi connectivity index (χ4n) is 2.33. The highest BCUT2D eigenvalue weighted by Crippen LogP contribution is 2.31. The average molecular weight is 268 g/mol. The van der Waals surface area contributed by atoms with E-state index in [1.807, 2.05) is 13.8 Å². The van der Waals surface area contributed by atoms with Gasteiger partial charge < -0.3 is 16.6 Å². The Kier molecular flexibility index (Phi) is 4.89. The fraction of sp³-hybridized carbons (Fsp3) is 0.500. The first-order chi connectivity index (χ1) is 8.80. The van der Waals surface area contributed by atoms with Gasteiger partial charge in [0, 0.05) is 6.54 Å². The van der Waals surface area contributed by atoms with Crippen molar-refractivity contribution in [2.45, 2.75) is 26.7 Å². The molecule has 4 nitrogen and oxygen atoms in total. The van der Waals surface area contributed by atoms with Gasteiger partial charge in [0.05, 0.1) is 11.1 Å². The monoisotopic (exact) mass is 268 g/mol. The van der Waals surface area contributed by atoms with E-state index in [0.29, 0.717) is 12.0 Å². The number of carboxylic acids is 1. The number of benzene rings is 1. The molecule has 19 heavy (non-hydrogen) atoms. The highest BCUT2D eigenvalue weighted by Gasteiger charge is 2.38. The molecule has 1 aromatic rings. The Morgan fingerprint density at radius 2 is 2.11 bits per heavy atom. The minimum absolute atomic E-state index is 0.0203. The van der Waals surface area contributed by atoms with Gasteiger partial charge in [0.1, 0.15) is 5.82 Å². The third kappa shape index (κ3) is 3.67. The van der Waals surface area contributed by atoms with E-state index in [0.717, 1.165) is 0 Å². The van der Waals surface area contributed by atoms with Gasteiger partial charge >= 0.3 is 5.97 Å². The standard InChI is InChI=1S/C14H21FN2O2/c1-9(2)6-14(8-16,13(18)19)7-10-3-4-12(17)11(15)5-10/h3-5,9H,6-8,16-17H2,1-2H3,(H,18,19). The molecule has 0 aliphatic heterocycles. The van der Waals surface area contributed by atoms with Crippen LogP contribution < -0.4 is 11.5 Å². The molecular weight excluding hydrogens is 247 g/mol. The highest BCUT2D eigenvalue weighted by molar-refractivity contribution is 5.75. The lowest BCUT2D eigenvalue weighted by Gasteiger charge is -2.30. The summed E-state index contributed by atoms with van der Waals surface area (Å²) in [6, 6.07) is 4.37. The summed E-state index contributed by atoms with van der Waals surface area (Å²) in [6.45, 7) is 3.90. The Morgan fingerprint density at radius 1 is 1.47 bits per heavy atom. The van der Waals surface area contributed by atoms with Crippen molar-refractivity contribution in [2.75, 3.05) is 12.3 Å². The Bertz CT molecular complexity index is 463. The van der Waals surface area contributed by atoms with Crippen molar-refractivity contribution < 1.29 is 14.3 Å². The number of carboxylic acid groups (broad SMARTS) is 1. The van der Waals surface area contributed by atoms with E-state index in [-0.39, 0.29) is 24.6 Å². The second-order valence-corrected chi connectivity index (χ2v) is 5.42. The van der Waals surface area contributed by atoms with Gasteiger partial charge in [-0.3, -0.25) is 4.79 Å². The van der Waals surface area contributed by atoms with Crippen LogP contribution in [0.1, 0.15) is 25.8 Å². The predicted octanol–water partition coefficient (Wildman–Crippen LogP) is 2.03. The molecule has 0 bridgehead atoms. The Balaban J connectivity index is 3.06. The number of halogens is 1. The topological polar surface area (TPSA) is 89.3 Å². The van der Waals surface area contributed by atoms with Crippen molar-refractivity contribution in [1.29, 1.82) is 0 Å². The molecule has 0 fully saturated rings. The van der Waals surface area contributed by atoms with Crippen molar-refractivity contribution in [3.8, 4) is 0 Å². The summed E-state index contributed by atoms with van der Waals surface area (Å²) in [6.07, 6.45) is 0.652. The van der Waals surface area contributed by atoms with Gasteiger partial charge in [-0.15, -0.1) is 0 Å². The van der Waals surface area contributed by atoms with Gasteiger partial charge in [-0.1, -0.05) is 19.9 Å². The van der Waals surface area contributed by atoms with E-state index < -0.39 is 17.2 Å². The normalized spacial score (nSPS) is 14.4. The lowest BCUT2D eigenvalue weighted by Crippen LogP contribution is -2.41. The number of rotatable bonds is 6. The van der Waals surface area contributed by atoms with Crippen LogP contribution in [-0.4, -0.2) is 17.6 Å². The summed E-state index contributed by atoms with van der Waals surface area (Å²) in [7, 11) is 0. The number of nitrogens with two attached hydrogens (primary N) is 2. The van der Waals surface area contributed by atoms with Crippen molar-refractivity contribution in [3.05, 3.63) is 29.6 Å². The van der Waals surface area contributed by atoms with Gasteiger partial charge in [0.25, 0.3) is 0 Å². The number of hydrogen-bond donors (Lipinski definition) is 3. The van der Waals surface area contributed by atoms with E-state index in [1.54, 1.807) is 6.07 Å². The third-order valence-electron chi connectivity index (χ3n) is 3.25. The lowest BCUT2D eigenvalue weighted by molar-refractivity contribution is -0.149. The Morgan fingerprint density at radius 3 is 2.53 bits per heavy atom. The Labute approximate surface area is 112 Å². The summed E-state index contributed by atoms with van der Waals surface area (Å²) in [5, 5.41) is 9.46. The Hall–Kier alpha value is -1.62. The largest absolute Gasteiger partial charge is 0.481 e. The molecule has 0 spiro atoms. The molecule has 1 atom stereocenters. The smallest absolute Gasteiger partial charge is 0.311 e. The minimum Gasteiger partial charge on any atom is -0.481 e. The van der Waals surface area contributed by atoms with Gasteiger partial charge in [-0.25, -0.2) is 4.39 Å². The van der Waals surface area contributed by atoms with Crippen LogP contribution in [0.3, 0.4) is 0 Å². The first-order valence-corrected chi connectivity index (χ1v) is 6.28. The highest BCUT2D eigenvalue weighted by atomic mass is 19.1.